The Morgan fingerprint density at radius 1 is 1.15 bits per heavy atom. The number of carbonyl (C=O) groups excluding carboxylic acids is 1. The van der Waals surface area contributed by atoms with Crippen molar-refractivity contribution < 1.29 is 18.7 Å². The second kappa shape index (κ2) is 7.58. The molecule has 1 atom stereocenters. The molecule has 0 fully saturated rings. The Morgan fingerprint density at radius 3 is 2.58 bits per heavy atom. The van der Waals surface area contributed by atoms with Crippen molar-refractivity contribution in [1.82, 2.24) is 10.2 Å². The number of esters is 1. The minimum absolute atomic E-state index is 0.204. The topological polar surface area (TPSA) is 74.5 Å². The van der Waals surface area contributed by atoms with Crippen LogP contribution in [0.15, 0.2) is 46.9 Å². The minimum atomic E-state index is -0.724. The quantitative estimate of drug-likeness (QED) is 0.608. The van der Waals surface area contributed by atoms with Gasteiger partial charge in [0.15, 0.2) is 6.10 Å². The van der Waals surface area contributed by atoms with Crippen LogP contribution in [-0.2, 0) is 4.74 Å². The number of hydrogen-bond donors (Lipinski definition) is 0. The molecular weight excluding hydrogens is 356 g/mol. The number of aromatic nitrogens is 2. The average molecular weight is 373 g/mol. The van der Waals surface area contributed by atoms with Gasteiger partial charge in [-0.3, -0.25) is 0 Å². The summed E-state index contributed by atoms with van der Waals surface area (Å²) >= 11 is 5.95. The van der Waals surface area contributed by atoms with Gasteiger partial charge in [0.2, 0.25) is 5.89 Å². The normalized spacial score (nSPS) is 11.8. The predicted molar refractivity (Wildman–Crippen MR) is 96.3 cm³/mol. The standard InChI is InChI=1S/C19H17ClN2O4/c1-11-4-6-13(7-5-11)18-22-21-17(26-18)12(2)25-19(23)15-10-14(20)8-9-16(15)24-3/h4-10,12H,1-3H3/t12-/m0/s1. The van der Waals surface area contributed by atoms with E-state index < -0.39 is 12.1 Å². The third-order valence-electron chi connectivity index (χ3n) is 3.75. The molecule has 0 saturated carbocycles. The first-order valence-corrected chi connectivity index (χ1v) is 8.30. The third kappa shape index (κ3) is 3.86. The van der Waals surface area contributed by atoms with Crippen molar-refractivity contribution in [1.29, 1.82) is 0 Å². The maximum Gasteiger partial charge on any atom is 0.342 e. The van der Waals surface area contributed by atoms with Crippen molar-refractivity contribution in [2.24, 2.45) is 0 Å². The molecule has 0 aliphatic rings. The van der Waals surface area contributed by atoms with E-state index in [1.54, 1.807) is 19.1 Å². The van der Waals surface area contributed by atoms with Gasteiger partial charge in [-0.05, 0) is 44.2 Å². The zero-order chi connectivity index (χ0) is 18.7. The average Bonchev–Trinajstić information content (AvgIpc) is 3.12. The zero-order valence-corrected chi connectivity index (χ0v) is 15.3. The van der Waals surface area contributed by atoms with Crippen molar-refractivity contribution in [3.05, 3.63) is 64.5 Å². The van der Waals surface area contributed by atoms with Gasteiger partial charge in [0.1, 0.15) is 11.3 Å². The van der Waals surface area contributed by atoms with E-state index in [4.69, 9.17) is 25.5 Å². The van der Waals surface area contributed by atoms with Crippen LogP contribution in [0, 0.1) is 6.92 Å². The Labute approximate surface area is 155 Å². The molecule has 1 aromatic heterocycles. The summed E-state index contributed by atoms with van der Waals surface area (Å²) in [6.07, 6.45) is -0.724. The second-order valence-electron chi connectivity index (χ2n) is 5.70. The highest BCUT2D eigenvalue weighted by Gasteiger charge is 2.22. The van der Waals surface area contributed by atoms with Crippen molar-refractivity contribution in [2.75, 3.05) is 7.11 Å². The largest absolute Gasteiger partial charge is 0.496 e. The fourth-order valence-corrected chi connectivity index (χ4v) is 2.50. The van der Waals surface area contributed by atoms with Gasteiger partial charge in [-0.2, -0.15) is 0 Å². The van der Waals surface area contributed by atoms with Crippen LogP contribution in [0.25, 0.3) is 11.5 Å². The lowest BCUT2D eigenvalue weighted by atomic mass is 10.1. The number of nitrogens with zero attached hydrogens (tertiary/aromatic N) is 2. The Balaban J connectivity index is 1.76. The molecule has 1 heterocycles. The number of hydrogen-bond acceptors (Lipinski definition) is 6. The summed E-state index contributed by atoms with van der Waals surface area (Å²) in [7, 11) is 1.47. The molecule has 0 unspecified atom stereocenters. The van der Waals surface area contributed by atoms with E-state index in [2.05, 4.69) is 10.2 Å². The van der Waals surface area contributed by atoms with Gasteiger partial charge in [-0.1, -0.05) is 29.3 Å². The lowest BCUT2D eigenvalue weighted by Gasteiger charge is -2.12. The van der Waals surface area contributed by atoms with Gasteiger partial charge in [0, 0.05) is 10.6 Å². The number of halogens is 1. The zero-order valence-electron chi connectivity index (χ0n) is 14.5. The Hall–Kier alpha value is -2.86. The maximum atomic E-state index is 12.4. The monoisotopic (exact) mass is 372 g/mol. The molecule has 3 rings (SSSR count). The minimum Gasteiger partial charge on any atom is -0.496 e. The van der Waals surface area contributed by atoms with E-state index in [9.17, 15) is 4.79 Å². The molecule has 0 saturated heterocycles. The molecule has 3 aromatic rings. The molecule has 0 amide bonds. The highest BCUT2D eigenvalue weighted by Crippen LogP contribution is 2.27. The van der Waals surface area contributed by atoms with E-state index in [0.717, 1.165) is 11.1 Å². The summed E-state index contributed by atoms with van der Waals surface area (Å²) in [5, 5.41) is 8.39. The van der Waals surface area contributed by atoms with Crippen LogP contribution in [0.2, 0.25) is 5.02 Å². The van der Waals surface area contributed by atoms with Crippen LogP contribution in [0.3, 0.4) is 0 Å². The van der Waals surface area contributed by atoms with Crippen LogP contribution in [0.5, 0.6) is 5.75 Å². The molecule has 2 aromatic carbocycles. The molecule has 0 radical (unpaired) electrons. The van der Waals surface area contributed by atoms with Crippen molar-refractivity contribution in [2.45, 2.75) is 20.0 Å². The number of carbonyl (C=O) groups is 1. The molecule has 0 N–H and O–H groups in total. The molecule has 6 nitrogen and oxygen atoms in total. The van der Waals surface area contributed by atoms with E-state index in [1.807, 2.05) is 31.2 Å². The van der Waals surface area contributed by atoms with E-state index in [-0.39, 0.29) is 11.5 Å². The highest BCUT2D eigenvalue weighted by molar-refractivity contribution is 6.31. The fourth-order valence-electron chi connectivity index (χ4n) is 2.33. The molecule has 26 heavy (non-hydrogen) atoms. The maximum absolute atomic E-state index is 12.4. The first kappa shape index (κ1) is 17.9. The van der Waals surface area contributed by atoms with Gasteiger partial charge >= 0.3 is 5.97 Å². The second-order valence-corrected chi connectivity index (χ2v) is 6.14. The molecule has 7 heteroatoms. The van der Waals surface area contributed by atoms with E-state index in [0.29, 0.717) is 16.7 Å². The van der Waals surface area contributed by atoms with Crippen LogP contribution in [0.4, 0.5) is 0 Å². The van der Waals surface area contributed by atoms with Gasteiger partial charge in [0.25, 0.3) is 5.89 Å². The summed E-state index contributed by atoms with van der Waals surface area (Å²) in [5.41, 5.74) is 2.15. The molecule has 0 aliphatic carbocycles. The summed E-state index contributed by atoms with van der Waals surface area (Å²) in [6, 6.07) is 12.4. The van der Waals surface area contributed by atoms with Crippen molar-refractivity contribution in [3.63, 3.8) is 0 Å². The lowest BCUT2D eigenvalue weighted by molar-refractivity contribution is 0.0276. The summed E-state index contributed by atoms with van der Waals surface area (Å²) in [5.74, 6) is 0.350. The number of aryl methyl sites for hydroxylation is 1. The summed E-state index contributed by atoms with van der Waals surface area (Å²) < 4.78 is 16.2. The Morgan fingerprint density at radius 2 is 1.88 bits per heavy atom. The van der Waals surface area contributed by atoms with Gasteiger partial charge < -0.3 is 13.9 Å². The van der Waals surface area contributed by atoms with Crippen LogP contribution in [0.1, 0.15) is 34.8 Å². The molecule has 0 aliphatic heterocycles. The Bertz CT molecular complexity index is 922. The molecule has 0 bridgehead atoms. The smallest absolute Gasteiger partial charge is 0.342 e. The Kier molecular flexibility index (Phi) is 5.23. The van der Waals surface area contributed by atoms with Crippen LogP contribution < -0.4 is 4.74 Å². The van der Waals surface area contributed by atoms with Crippen molar-refractivity contribution in [3.8, 4) is 17.2 Å². The van der Waals surface area contributed by atoms with Crippen molar-refractivity contribution >= 4 is 17.6 Å². The SMILES string of the molecule is COc1ccc(Cl)cc1C(=O)O[C@@H](C)c1nnc(-c2ccc(C)cc2)o1. The van der Waals surface area contributed by atoms with Gasteiger partial charge in [-0.15, -0.1) is 10.2 Å². The number of methoxy groups -OCH3 is 1. The van der Waals surface area contributed by atoms with Gasteiger partial charge in [0.05, 0.1) is 7.11 Å². The molecular formula is C19H17ClN2O4. The third-order valence-corrected chi connectivity index (χ3v) is 3.99. The molecule has 0 spiro atoms. The van der Waals surface area contributed by atoms with Crippen LogP contribution >= 0.6 is 11.6 Å². The summed E-state index contributed by atoms with van der Waals surface area (Å²) in [4.78, 5) is 12.4. The number of rotatable bonds is 5. The van der Waals surface area contributed by atoms with E-state index >= 15 is 0 Å². The highest BCUT2D eigenvalue weighted by atomic mass is 35.5. The van der Waals surface area contributed by atoms with E-state index in [1.165, 1.54) is 13.2 Å². The first-order chi connectivity index (χ1) is 12.5. The van der Waals surface area contributed by atoms with Crippen LogP contribution in [-0.4, -0.2) is 23.3 Å². The predicted octanol–water partition coefficient (Wildman–Crippen LogP) is 4.63. The molecule has 134 valence electrons. The number of benzene rings is 2. The van der Waals surface area contributed by atoms with Gasteiger partial charge in [-0.25, -0.2) is 4.79 Å². The lowest BCUT2D eigenvalue weighted by Crippen LogP contribution is -2.11. The number of ether oxygens (including phenoxy) is 2. The first-order valence-electron chi connectivity index (χ1n) is 7.93. The summed E-state index contributed by atoms with van der Waals surface area (Å²) in [6.45, 7) is 3.65. The fraction of sp³-hybridized carbons (Fsp3) is 0.211.